The van der Waals surface area contributed by atoms with Gasteiger partial charge >= 0.3 is 0 Å². The first-order valence-corrected chi connectivity index (χ1v) is 22.6. The van der Waals surface area contributed by atoms with Crippen molar-refractivity contribution in [3.05, 3.63) is 253 Å². The predicted octanol–water partition coefficient (Wildman–Crippen LogP) is 17.7. The van der Waals surface area contributed by atoms with Crippen molar-refractivity contribution in [2.24, 2.45) is 0 Å². The molecule has 0 aliphatic heterocycles. The van der Waals surface area contributed by atoms with E-state index < -0.39 is 0 Å². The van der Waals surface area contributed by atoms with Gasteiger partial charge in [-0.15, -0.1) is 0 Å². The summed E-state index contributed by atoms with van der Waals surface area (Å²) in [6, 6.07) is 84.4. The van der Waals surface area contributed by atoms with E-state index in [1.54, 1.807) is 0 Å². The highest BCUT2D eigenvalue weighted by atomic mass is 15.1. The smallest absolute Gasteiger partial charge is 0.0540 e. The van der Waals surface area contributed by atoms with Gasteiger partial charge in [0.15, 0.2) is 0 Å². The van der Waals surface area contributed by atoms with Crippen LogP contribution in [-0.4, -0.2) is 0 Å². The van der Waals surface area contributed by atoms with Crippen LogP contribution in [0.15, 0.2) is 231 Å². The lowest BCUT2D eigenvalue weighted by molar-refractivity contribution is 0.660. The van der Waals surface area contributed by atoms with E-state index in [1.807, 2.05) is 0 Å². The van der Waals surface area contributed by atoms with Gasteiger partial charge in [0.25, 0.3) is 0 Å². The lowest BCUT2D eigenvalue weighted by atomic mass is 9.81. The maximum atomic E-state index is 2.44. The summed E-state index contributed by atoms with van der Waals surface area (Å²) in [5.74, 6) is 0. The topological polar surface area (TPSA) is 6.48 Å². The Kier molecular flexibility index (Phi) is 9.21. The molecule has 12 rings (SSSR count). The van der Waals surface area contributed by atoms with E-state index in [4.69, 9.17) is 0 Å². The SMILES string of the molecule is CC1(C)c2cc(/C=C/c3ccc(N(c4ccc5ccccc5c4)c4cccc5ccccc45)cc3)ccc2-c2ccc(N(c3ccc4ccccc4c3)c3cccc4ccccc34)cc21. The molecule has 0 bridgehead atoms. The Morgan fingerprint density at radius 2 is 0.708 bits per heavy atom. The lowest BCUT2D eigenvalue weighted by Gasteiger charge is -2.29. The number of rotatable bonds is 8. The fourth-order valence-corrected chi connectivity index (χ4v) is 10.2. The Labute approximate surface area is 380 Å². The molecule has 2 heteroatoms. The second-order valence-corrected chi connectivity index (χ2v) is 17.8. The quantitative estimate of drug-likeness (QED) is 0.141. The Balaban J connectivity index is 0.872. The average molecular weight is 831 g/mol. The van der Waals surface area contributed by atoms with Gasteiger partial charge in [0.05, 0.1) is 11.4 Å². The van der Waals surface area contributed by atoms with Crippen LogP contribution >= 0.6 is 0 Å². The molecule has 1 aliphatic carbocycles. The first kappa shape index (κ1) is 38.5. The van der Waals surface area contributed by atoms with E-state index in [0.29, 0.717) is 0 Å². The summed E-state index contributed by atoms with van der Waals surface area (Å²) in [6.07, 6.45) is 4.50. The van der Waals surface area contributed by atoms with Crippen LogP contribution in [-0.2, 0) is 5.41 Å². The molecule has 0 atom stereocenters. The van der Waals surface area contributed by atoms with Crippen LogP contribution in [0.4, 0.5) is 34.1 Å². The zero-order chi connectivity index (χ0) is 43.5. The minimum atomic E-state index is -0.201. The third-order valence-corrected chi connectivity index (χ3v) is 13.6. The molecule has 308 valence electrons. The molecule has 0 radical (unpaired) electrons. The van der Waals surface area contributed by atoms with Crippen molar-refractivity contribution in [3.8, 4) is 11.1 Å². The van der Waals surface area contributed by atoms with Crippen molar-refractivity contribution in [2.45, 2.75) is 19.3 Å². The highest BCUT2D eigenvalue weighted by Crippen LogP contribution is 2.52. The molecule has 0 N–H and O–H groups in total. The maximum absolute atomic E-state index is 2.44. The molecule has 0 saturated carbocycles. The molecule has 11 aromatic carbocycles. The van der Waals surface area contributed by atoms with E-state index in [9.17, 15) is 0 Å². The standard InChI is InChI=1S/C63H46N2/c1-63(2)59-39-44(26-25-43-27-32-51(33-28-43)64(52-34-30-45-13-3-5-17-49(45)40-52)61-23-11-19-47-15-7-9-21-55(47)61)29-37-57(59)58-38-36-54(42-60(58)63)65(53-35-31-46-14-4-6-18-50(46)41-53)62-24-12-20-48-16-8-10-22-56(48)62/h3-42H,1-2H3/b26-25+. The minimum Gasteiger partial charge on any atom is -0.310 e. The van der Waals surface area contributed by atoms with Gasteiger partial charge in [-0.3, -0.25) is 0 Å². The Morgan fingerprint density at radius 1 is 0.308 bits per heavy atom. The van der Waals surface area contributed by atoms with Gasteiger partial charge in [0, 0.05) is 38.9 Å². The Morgan fingerprint density at radius 3 is 1.29 bits per heavy atom. The molecular weight excluding hydrogens is 785 g/mol. The maximum Gasteiger partial charge on any atom is 0.0540 e. The van der Waals surface area contributed by atoms with Gasteiger partial charge in [-0.2, -0.15) is 0 Å². The molecule has 0 heterocycles. The molecule has 0 unspecified atom stereocenters. The fraction of sp³-hybridized carbons (Fsp3) is 0.0476. The number of fused-ring (bicyclic) bond motifs is 7. The van der Waals surface area contributed by atoms with E-state index >= 15 is 0 Å². The Hall–Kier alpha value is -8.20. The normalized spacial score (nSPS) is 12.8. The van der Waals surface area contributed by atoms with Gasteiger partial charge in [-0.25, -0.2) is 0 Å². The monoisotopic (exact) mass is 830 g/mol. The van der Waals surface area contributed by atoms with Gasteiger partial charge in [0.2, 0.25) is 0 Å². The summed E-state index contributed by atoms with van der Waals surface area (Å²) in [7, 11) is 0. The van der Waals surface area contributed by atoms with Crippen molar-refractivity contribution in [1.29, 1.82) is 0 Å². The van der Waals surface area contributed by atoms with E-state index in [0.717, 1.165) is 34.0 Å². The van der Waals surface area contributed by atoms with Gasteiger partial charge < -0.3 is 9.80 Å². The molecular formula is C63H46N2. The number of anilines is 6. The lowest BCUT2D eigenvalue weighted by Crippen LogP contribution is -2.17. The second kappa shape index (κ2) is 15.6. The third kappa shape index (κ3) is 6.74. The van der Waals surface area contributed by atoms with Crippen LogP contribution in [0.25, 0.3) is 66.4 Å². The van der Waals surface area contributed by atoms with Gasteiger partial charge in [-0.05, 0) is 126 Å². The van der Waals surface area contributed by atoms with Crippen LogP contribution in [0.2, 0.25) is 0 Å². The fourth-order valence-electron chi connectivity index (χ4n) is 10.2. The van der Waals surface area contributed by atoms with Crippen molar-refractivity contribution >= 4 is 89.4 Å². The predicted molar refractivity (Wildman–Crippen MR) is 279 cm³/mol. The molecule has 0 spiro atoms. The number of nitrogens with zero attached hydrogens (tertiary/aromatic N) is 2. The summed E-state index contributed by atoms with van der Waals surface area (Å²) in [6.45, 7) is 4.76. The molecule has 0 amide bonds. The van der Waals surface area contributed by atoms with Crippen LogP contribution < -0.4 is 9.80 Å². The minimum absolute atomic E-state index is 0.201. The molecule has 1 aliphatic rings. The highest BCUT2D eigenvalue weighted by Gasteiger charge is 2.36. The number of benzene rings is 11. The van der Waals surface area contributed by atoms with E-state index in [1.165, 1.54) is 76.6 Å². The first-order chi connectivity index (χ1) is 32.0. The highest BCUT2D eigenvalue weighted by molar-refractivity contribution is 6.02. The summed E-state index contributed by atoms with van der Waals surface area (Å²) in [5.41, 5.74) is 14.3. The van der Waals surface area contributed by atoms with Gasteiger partial charge in [0.1, 0.15) is 0 Å². The largest absolute Gasteiger partial charge is 0.310 e. The van der Waals surface area contributed by atoms with E-state index in [-0.39, 0.29) is 5.41 Å². The summed E-state index contributed by atoms with van der Waals surface area (Å²) in [5, 5.41) is 9.82. The van der Waals surface area contributed by atoms with Crippen molar-refractivity contribution in [2.75, 3.05) is 9.80 Å². The zero-order valence-electron chi connectivity index (χ0n) is 36.5. The molecule has 65 heavy (non-hydrogen) atoms. The third-order valence-electron chi connectivity index (χ3n) is 13.6. The zero-order valence-corrected chi connectivity index (χ0v) is 36.5. The summed E-state index contributed by atoms with van der Waals surface area (Å²) < 4.78 is 0. The van der Waals surface area contributed by atoms with Crippen LogP contribution in [0.1, 0.15) is 36.1 Å². The number of hydrogen-bond donors (Lipinski definition) is 0. The van der Waals surface area contributed by atoms with E-state index in [2.05, 4.69) is 266 Å². The molecule has 11 aromatic rings. The molecule has 0 aromatic heterocycles. The van der Waals surface area contributed by atoms with Crippen LogP contribution in [0, 0.1) is 0 Å². The van der Waals surface area contributed by atoms with Gasteiger partial charge in [-0.1, -0.05) is 196 Å². The van der Waals surface area contributed by atoms with Crippen molar-refractivity contribution < 1.29 is 0 Å². The second-order valence-electron chi connectivity index (χ2n) is 17.8. The van der Waals surface area contributed by atoms with Crippen molar-refractivity contribution in [1.82, 2.24) is 0 Å². The first-order valence-electron chi connectivity index (χ1n) is 22.6. The Bertz CT molecular complexity index is 3640. The number of hydrogen-bond acceptors (Lipinski definition) is 2. The van der Waals surface area contributed by atoms with Crippen LogP contribution in [0.5, 0.6) is 0 Å². The summed E-state index contributed by atoms with van der Waals surface area (Å²) in [4.78, 5) is 4.83. The summed E-state index contributed by atoms with van der Waals surface area (Å²) >= 11 is 0. The average Bonchev–Trinajstić information content (AvgIpc) is 3.58. The van der Waals surface area contributed by atoms with Crippen molar-refractivity contribution in [3.63, 3.8) is 0 Å². The molecule has 2 nitrogen and oxygen atoms in total. The van der Waals surface area contributed by atoms with Crippen LogP contribution in [0.3, 0.4) is 0 Å². The molecule has 0 fully saturated rings. The molecule has 0 saturated heterocycles.